The van der Waals surface area contributed by atoms with Gasteiger partial charge >= 0.3 is 7.12 Å². The molecule has 0 aliphatic carbocycles. The van der Waals surface area contributed by atoms with Crippen molar-refractivity contribution in [3.8, 4) is 33.8 Å². The fourth-order valence-corrected chi connectivity index (χ4v) is 8.60. The van der Waals surface area contributed by atoms with E-state index in [0.29, 0.717) is 23.4 Å². The highest BCUT2D eigenvalue weighted by Crippen LogP contribution is 2.36. The van der Waals surface area contributed by atoms with E-state index in [2.05, 4.69) is 108 Å². The van der Waals surface area contributed by atoms with Gasteiger partial charge in [0.15, 0.2) is 18.9 Å². The lowest BCUT2D eigenvalue weighted by molar-refractivity contribution is 0.00578. The molecule has 0 saturated carbocycles. The van der Waals surface area contributed by atoms with Crippen molar-refractivity contribution in [2.45, 2.75) is 38.9 Å². The minimum absolute atomic E-state index is 0.290. The second kappa shape index (κ2) is 23.5. The third kappa shape index (κ3) is 12.4. The minimum Gasteiger partial charge on any atom is -0.398 e. The van der Waals surface area contributed by atoms with Crippen molar-refractivity contribution in [1.29, 1.82) is 0 Å². The van der Waals surface area contributed by atoms with Crippen LogP contribution in [0, 0.1) is 7.14 Å². The molecular weight excluding hydrogens is 1170 g/mol. The molecule has 1 fully saturated rings. The normalized spacial score (nSPS) is 13.1. The minimum atomic E-state index is -0.317. The van der Waals surface area contributed by atoms with Crippen LogP contribution in [0.2, 0.25) is 0 Å². The molecular formula is C47H47BBrI2N13O5. The Bertz CT molecular complexity index is 3130. The van der Waals surface area contributed by atoms with E-state index in [1.54, 1.807) is 69.4 Å². The molecule has 9 aromatic rings. The van der Waals surface area contributed by atoms with E-state index in [-0.39, 0.29) is 18.3 Å². The SMILES string of the molecule is Cn1ncc(I)c1-c1cccn2cncc12.Cn1ncc(I)c1-c1cccnc1C=O.Cn1nccc1-c1cccnc1C=O.Cn1nccc1B1OC(C)(C)C(C)(C)O1.O=Cc1ncccc1Br. The van der Waals surface area contributed by atoms with Crippen LogP contribution in [0.25, 0.3) is 39.3 Å². The Morgan fingerprint density at radius 3 is 1.58 bits per heavy atom. The summed E-state index contributed by atoms with van der Waals surface area (Å²) in [6.07, 6.45) is 19.8. The Hall–Kier alpha value is -6.09. The van der Waals surface area contributed by atoms with Crippen LogP contribution in [0.5, 0.6) is 0 Å². The number of hydrogen-bond acceptors (Lipinski definition) is 13. The predicted octanol–water partition coefficient (Wildman–Crippen LogP) is 7.91. The average molecular weight is 1220 g/mol. The maximum Gasteiger partial charge on any atom is 0.514 e. The molecule has 0 N–H and O–H groups in total. The molecule has 1 aliphatic heterocycles. The molecule has 9 aromatic heterocycles. The Balaban J connectivity index is 0.000000143. The van der Waals surface area contributed by atoms with Crippen LogP contribution < -0.4 is 5.59 Å². The molecule has 0 spiro atoms. The molecule has 0 radical (unpaired) electrons. The van der Waals surface area contributed by atoms with Crippen molar-refractivity contribution in [2.75, 3.05) is 0 Å². The smallest absolute Gasteiger partial charge is 0.398 e. The lowest BCUT2D eigenvalue weighted by Gasteiger charge is -2.32. The maximum atomic E-state index is 10.9. The number of nitrogens with zero attached hydrogens (tertiary/aromatic N) is 13. The van der Waals surface area contributed by atoms with E-state index < -0.39 is 0 Å². The fraction of sp³-hybridized carbons (Fsp3) is 0.213. The van der Waals surface area contributed by atoms with E-state index in [4.69, 9.17) is 9.31 Å². The van der Waals surface area contributed by atoms with Gasteiger partial charge in [0, 0.05) is 86.5 Å². The van der Waals surface area contributed by atoms with Crippen molar-refractivity contribution < 1.29 is 23.7 Å². The molecule has 0 aromatic carbocycles. The van der Waals surface area contributed by atoms with Gasteiger partial charge in [-0.25, -0.2) is 4.98 Å². The third-order valence-corrected chi connectivity index (χ3v) is 13.2. The van der Waals surface area contributed by atoms with Crippen LogP contribution >= 0.6 is 61.1 Å². The number of fused-ring (bicyclic) bond motifs is 1. The van der Waals surface area contributed by atoms with Crippen LogP contribution in [-0.2, 0) is 37.5 Å². The van der Waals surface area contributed by atoms with Gasteiger partial charge in [-0.3, -0.25) is 48.1 Å². The number of rotatable bonds is 7. The number of aldehydes is 3. The highest BCUT2D eigenvalue weighted by atomic mass is 127. The zero-order chi connectivity index (χ0) is 49.9. The van der Waals surface area contributed by atoms with Crippen molar-refractivity contribution in [1.82, 2.24) is 63.5 Å². The van der Waals surface area contributed by atoms with Gasteiger partial charge in [0.25, 0.3) is 0 Å². The summed E-state index contributed by atoms with van der Waals surface area (Å²) in [5.74, 6) is 0. The lowest BCUT2D eigenvalue weighted by atomic mass is 9.85. The quantitative estimate of drug-likeness (QED) is 0.0849. The molecule has 0 bridgehead atoms. The lowest BCUT2D eigenvalue weighted by Crippen LogP contribution is -2.41. The molecule has 22 heteroatoms. The van der Waals surface area contributed by atoms with E-state index >= 15 is 0 Å². The molecule has 18 nitrogen and oxygen atoms in total. The number of hydrogen-bond donors (Lipinski definition) is 0. The summed E-state index contributed by atoms with van der Waals surface area (Å²) in [4.78, 5) is 47.7. The Morgan fingerprint density at radius 1 is 0.580 bits per heavy atom. The van der Waals surface area contributed by atoms with Crippen LogP contribution in [-0.4, -0.2) is 101 Å². The van der Waals surface area contributed by atoms with Gasteiger partial charge in [0.1, 0.15) is 17.1 Å². The third-order valence-electron chi connectivity index (χ3n) is 11.0. The van der Waals surface area contributed by atoms with Crippen molar-refractivity contribution in [3.63, 3.8) is 0 Å². The van der Waals surface area contributed by atoms with Crippen LogP contribution in [0.1, 0.15) is 59.2 Å². The standard InChI is InChI=1S/C11H9IN4.C10H17BN2O2.C10H8IN3O.C10H9N3O.C6H4BrNO/c1-15-11(9(12)5-14-15)8-3-2-4-16-7-13-6-10(8)16;1-9(2)10(3,4)15-11(14-9)8-6-7-12-13(8)5;1-14-10(8(11)5-13-14)7-3-2-4-12-9(7)6-15;1-13-10(4-6-12-13)8-3-2-5-11-9(8)7-14;7-5-2-1-3-8-6(5)4-9/h2-7H,1H3;6-7H,1-5H3;2-6H,1H3;2-7H,1H3;1-4H. The summed E-state index contributed by atoms with van der Waals surface area (Å²) in [5, 5.41) is 16.6. The summed E-state index contributed by atoms with van der Waals surface area (Å²) in [5.41, 5.74) is 8.52. The van der Waals surface area contributed by atoms with Crippen molar-refractivity contribution in [2.24, 2.45) is 28.2 Å². The number of pyridine rings is 4. The first-order chi connectivity index (χ1) is 33.0. The zero-order valence-corrected chi connectivity index (χ0v) is 44.7. The first kappa shape index (κ1) is 52.3. The average Bonchev–Trinajstić information content (AvgIpc) is 4.22. The molecule has 1 aliphatic rings. The highest BCUT2D eigenvalue weighted by molar-refractivity contribution is 14.1. The summed E-state index contributed by atoms with van der Waals surface area (Å²) in [6, 6.07) is 18.8. The summed E-state index contributed by atoms with van der Waals surface area (Å²) in [6.45, 7) is 8.18. The van der Waals surface area contributed by atoms with E-state index in [9.17, 15) is 14.4 Å². The van der Waals surface area contributed by atoms with Gasteiger partial charge in [-0.15, -0.1) is 0 Å². The first-order valence-electron chi connectivity index (χ1n) is 21.0. The second-order valence-electron chi connectivity index (χ2n) is 15.9. The number of carbonyl (C=O) groups is 3. The predicted molar refractivity (Wildman–Crippen MR) is 283 cm³/mol. The van der Waals surface area contributed by atoms with Crippen LogP contribution in [0.3, 0.4) is 0 Å². The Morgan fingerprint density at radius 2 is 1.09 bits per heavy atom. The topological polar surface area (TPSA) is 197 Å². The summed E-state index contributed by atoms with van der Waals surface area (Å²) < 4.78 is 23.8. The maximum absolute atomic E-state index is 10.9. The largest absolute Gasteiger partial charge is 0.514 e. The second-order valence-corrected chi connectivity index (χ2v) is 19.1. The molecule has 10 rings (SSSR count). The van der Waals surface area contributed by atoms with Gasteiger partial charge in [-0.1, -0.05) is 0 Å². The van der Waals surface area contributed by atoms with Crippen molar-refractivity contribution in [3.05, 3.63) is 151 Å². The van der Waals surface area contributed by atoms with Crippen LogP contribution in [0.15, 0.2) is 127 Å². The zero-order valence-electron chi connectivity index (χ0n) is 38.8. The van der Waals surface area contributed by atoms with Gasteiger partial charge in [0.2, 0.25) is 0 Å². The Labute approximate surface area is 434 Å². The molecule has 354 valence electrons. The number of carbonyl (C=O) groups excluding carboxylic acids is 3. The van der Waals surface area contributed by atoms with Gasteiger partial charge in [0.05, 0.1) is 71.5 Å². The molecule has 10 heterocycles. The number of imidazole rings is 1. The first-order valence-corrected chi connectivity index (χ1v) is 23.9. The number of halogens is 3. The number of aryl methyl sites for hydroxylation is 4. The summed E-state index contributed by atoms with van der Waals surface area (Å²) in [7, 11) is 7.20. The molecule has 69 heavy (non-hydrogen) atoms. The molecule has 0 amide bonds. The molecule has 1 saturated heterocycles. The van der Waals surface area contributed by atoms with E-state index in [1.807, 2.05) is 126 Å². The highest BCUT2D eigenvalue weighted by Gasteiger charge is 2.52. The monoisotopic (exact) mass is 1220 g/mol. The summed E-state index contributed by atoms with van der Waals surface area (Å²) >= 11 is 7.66. The van der Waals surface area contributed by atoms with E-state index in [0.717, 1.165) is 69.1 Å². The fourth-order valence-electron chi connectivity index (χ4n) is 6.72. The van der Waals surface area contributed by atoms with Crippen LogP contribution in [0.4, 0.5) is 0 Å². The van der Waals surface area contributed by atoms with Gasteiger partial charge in [-0.2, -0.15) is 20.4 Å². The van der Waals surface area contributed by atoms with Gasteiger partial charge < -0.3 is 13.7 Å². The van der Waals surface area contributed by atoms with Gasteiger partial charge in [-0.05, 0) is 149 Å². The Kier molecular flexibility index (Phi) is 17.8. The molecule has 0 atom stereocenters. The number of aromatic nitrogens is 13. The van der Waals surface area contributed by atoms with Crippen molar-refractivity contribution >= 4 is 98.2 Å². The van der Waals surface area contributed by atoms with E-state index in [1.165, 1.54) is 0 Å². The molecule has 0 unspecified atom stereocenters.